The minimum Gasteiger partial charge on any atom is -0.504 e. The van der Waals surface area contributed by atoms with Gasteiger partial charge in [-0.3, -0.25) is 9.59 Å². The van der Waals surface area contributed by atoms with Crippen molar-refractivity contribution >= 4 is 11.7 Å². The van der Waals surface area contributed by atoms with E-state index >= 15 is 0 Å². The fraction of sp³-hybridized carbons (Fsp3) is 0.677. The van der Waals surface area contributed by atoms with E-state index in [1.807, 2.05) is 13.8 Å². The lowest BCUT2D eigenvalue weighted by atomic mass is 9.35. The van der Waals surface area contributed by atoms with Crippen molar-refractivity contribution in [2.24, 2.45) is 27.6 Å². The van der Waals surface area contributed by atoms with Crippen LogP contribution in [0.1, 0.15) is 99.8 Å². The fourth-order valence-electron chi connectivity index (χ4n) is 9.00. The number of ketones is 1. The zero-order valence-electron chi connectivity index (χ0n) is 22.7. The van der Waals surface area contributed by atoms with E-state index in [0.29, 0.717) is 23.3 Å². The van der Waals surface area contributed by atoms with Crippen molar-refractivity contribution in [2.75, 3.05) is 0 Å². The number of aliphatic hydroxyl groups excluding tert-OH is 1. The average Bonchev–Trinajstić information content (AvgIpc) is 2.81. The lowest BCUT2D eigenvalue weighted by molar-refractivity contribution is -0.156. The summed E-state index contributed by atoms with van der Waals surface area (Å²) in [5.74, 6) is 0.301. The van der Waals surface area contributed by atoms with E-state index in [9.17, 15) is 14.7 Å². The van der Waals surface area contributed by atoms with Gasteiger partial charge in [-0.2, -0.15) is 0 Å². The fourth-order valence-corrected chi connectivity index (χ4v) is 9.00. The summed E-state index contributed by atoms with van der Waals surface area (Å²) in [5.41, 5.74) is 4.35. The first-order chi connectivity index (χ1) is 16.2. The number of amides is 1. The third-order valence-electron chi connectivity index (χ3n) is 11.6. The molecule has 6 atom stereocenters. The number of allylic oxidation sites excluding steroid dienone is 7. The van der Waals surface area contributed by atoms with Gasteiger partial charge in [-0.1, -0.05) is 52.3 Å². The molecule has 5 aliphatic carbocycles. The van der Waals surface area contributed by atoms with E-state index in [2.05, 4.69) is 52.1 Å². The molecule has 0 saturated heterocycles. The van der Waals surface area contributed by atoms with Crippen molar-refractivity contribution in [3.8, 4) is 0 Å². The molecule has 190 valence electrons. The molecule has 1 amide bonds. The number of nitrogens with one attached hydrogen (secondary N) is 1. The Bertz CT molecular complexity index is 1140. The van der Waals surface area contributed by atoms with E-state index in [4.69, 9.17) is 0 Å². The molecular weight excluding hydrogens is 434 g/mol. The summed E-state index contributed by atoms with van der Waals surface area (Å²) in [4.78, 5) is 25.1. The molecule has 4 nitrogen and oxygen atoms in total. The molecule has 3 saturated carbocycles. The van der Waals surface area contributed by atoms with Crippen LogP contribution >= 0.6 is 0 Å². The average molecular weight is 478 g/mol. The predicted molar refractivity (Wildman–Crippen MR) is 140 cm³/mol. The van der Waals surface area contributed by atoms with Gasteiger partial charge >= 0.3 is 0 Å². The van der Waals surface area contributed by atoms with Gasteiger partial charge in [0.25, 0.3) is 0 Å². The van der Waals surface area contributed by atoms with Crippen molar-refractivity contribution in [3.05, 3.63) is 46.3 Å². The van der Waals surface area contributed by atoms with Gasteiger partial charge in [0.15, 0.2) is 5.76 Å². The summed E-state index contributed by atoms with van der Waals surface area (Å²) in [6.45, 7) is 15.9. The van der Waals surface area contributed by atoms with E-state index in [1.165, 1.54) is 12.0 Å². The van der Waals surface area contributed by atoms with Crippen LogP contribution in [0, 0.1) is 27.6 Å². The first-order valence-electron chi connectivity index (χ1n) is 13.6. The molecule has 0 spiro atoms. The topological polar surface area (TPSA) is 66.4 Å². The maximum Gasteiger partial charge on any atom is 0.220 e. The first-order valence-corrected chi connectivity index (χ1v) is 13.6. The van der Waals surface area contributed by atoms with Crippen molar-refractivity contribution in [2.45, 2.75) is 105 Å². The van der Waals surface area contributed by atoms with Crippen LogP contribution < -0.4 is 5.32 Å². The Labute approximate surface area is 211 Å². The largest absolute Gasteiger partial charge is 0.504 e. The van der Waals surface area contributed by atoms with Crippen LogP contribution in [0.5, 0.6) is 0 Å². The van der Waals surface area contributed by atoms with Gasteiger partial charge in [0.1, 0.15) is 0 Å². The second-order valence-corrected chi connectivity index (χ2v) is 13.5. The van der Waals surface area contributed by atoms with Gasteiger partial charge in [0.05, 0.1) is 0 Å². The molecule has 0 radical (unpaired) electrons. The molecule has 0 aromatic carbocycles. The lowest BCUT2D eigenvalue weighted by Gasteiger charge is -2.70. The summed E-state index contributed by atoms with van der Waals surface area (Å²) < 4.78 is 0. The molecule has 0 heterocycles. The van der Waals surface area contributed by atoms with Gasteiger partial charge in [0.2, 0.25) is 11.7 Å². The van der Waals surface area contributed by atoms with Crippen LogP contribution in [0.3, 0.4) is 0 Å². The number of carbonyl (C=O) groups is 2. The smallest absolute Gasteiger partial charge is 0.220 e. The quantitative estimate of drug-likeness (QED) is 0.455. The van der Waals surface area contributed by atoms with E-state index in [-0.39, 0.29) is 39.2 Å². The standard InChI is InChI=1S/C31H43NO3/c1-8-25(34)32-28(4)13-11-27(3)12-15-30(6)23-10-9-20-19(2)26(35)22(33)17-21(20)29(23,5)14-16-31(30,7)24(27)18-28/h9-10,17,24,35H,8,11-16,18H2,1-7H3,(H,32,34)/t24-,27-,28-,29?,30-,31+/m1/s1. The molecular formula is C31H43NO3. The van der Waals surface area contributed by atoms with Crippen LogP contribution in [-0.2, 0) is 9.59 Å². The van der Waals surface area contributed by atoms with Crippen LogP contribution in [0.15, 0.2) is 46.3 Å². The highest BCUT2D eigenvalue weighted by Gasteiger charge is 2.66. The Morgan fingerprint density at radius 2 is 1.71 bits per heavy atom. The van der Waals surface area contributed by atoms with Gasteiger partial charge in [-0.25, -0.2) is 0 Å². The molecule has 0 aliphatic heterocycles. The minimum atomic E-state index is -0.262. The van der Waals surface area contributed by atoms with Crippen LogP contribution in [0.25, 0.3) is 0 Å². The Balaban J connectivity index is 1.59. The number of hydrogen-bond acceptors (Lipinski definition) is 3. The molecule has 35 heavy (non-hydrogen) atoms. The molecule has 0 bridgehead atoms. The Morgan fingerprint density at radius 1 is 1.03 bits per heavy atom. The zero-order chi connectivity index (χ0) is 25.6. The highest BCUT2D eigenvalue weighted by atomic mass is 16.3. The van der Waals surface area contributed by atoms with Crippen molar-refractivity contribution < 1.29 is 14.7 Å². The minimum absolute atomic E-state index is 0.0141. The Hall–Kier alpha value is -2.10. The third-order valence-corrected chi connectivity index (χ3v) is 11.6. The zero-order valence-corrected chi connectivity index (χ0v) is 22.7. The summed E-state index contributed by atoms with van der Waals surface area (Å²) >= 11 is 0. The monoisotopic (exact) mass is 477 g/mol. The highest BCUT2D eigenvalue weighted by Crippen LogP contribution is 2.75. The van der Waals surface area contributed by atoms with Gasteiger partial charge in [-0.15, -0.1) is 0 Å². The molecule has 0 aromatic heterocycles. The number of hydrogen-bond donors (Lipinski definition) is 2. The van der Waals surface area contributed by atoms with Crippen molar-refractivity contribution in [3.63, 3.8) is 0 Å². The Kier molecular flexibility index (Phi) is 5.24. The second kappa shape index (κ2) is 7.46. The number of aliphatic hydroxyl groups is 1. The molecule has 0 aromatic rings. The van der Waals surface area contributed by atoms with E-state index in [0.717, 1.165) is 49.7 Å². The molecule has 2 N–H and O–H groups in total. The summed E-state index contributed by atoms with van der Waals surface area (Å²) in [6, 6.07) is 0. The number of rotatable bonds is 2. The Morgan fingerprint density at radius 3 is 2.40 bits per heavy atom. The van der Waals surface area contributed by atoms with Gasteiger partial charge in [-0.05, 0) is 98.2 Å². The van der Waals surface area contributed by atoms with Crippen LogP contribution in [0.4, 0.5) is 0 Å². The van der Waals surface area contributed by atoms with E-state index in [1.54, 1.807) is 6.08 Å². The van der Waals surface area contributed by atoms with Crippen molar-refractivity contribution in [1.29, 1.82) is 0 Å². The first kappa shape index (κ1) is 24.6. The van der Waals surface area contributed by atoms with Crippen LogP contribution in [0.2, 0.25) is 0 Å². The van der Waals surface area contributed by atoms with Crippen LogP contribution in [-0.4, -0.2) is 22.3 Å². The van der Waals surface area contributed by atoms with Crippen molar-refractivity contribution in [1.82, 2.24) is 5.32 Å². The molecule has 5 rings (SSSR count). The van der Waals surface area contributed by atoms with Gasteiger partial charge in [0, 0.05) is 22.9 Å². The predicted octanol–water partition coefficient (Wildman–Crippen LogP) is 6.89. The maximum absolute atomic E-state index is 12.7. The lowest BCUT2D eigenvalue weighted by Crippen LogP contribution is -2.64. The van der Waals surface area contributed by atoms with Gasteiger partial charge < -0.3 is 10.4 Å². The molecule has 4 heteroatoms. The normalized spacial score (nSPS) is 44.7. The molecule has 5 aliphatic rings. The summed E-state index contributed by atoms with van der Waals surface area (Å²) in [5, 5.41) is 13.7. The maximum atomic E-state index is 12.7. The summed E-state index contributed by atoms with van der Waals surface area (Å²) in [7, 11) is 0. The highest BCUT2D eigenvalue weighted by molar-refractivity contribution is 6.06. The second-order valence-electron chi connectivity index (χ2n) is 13.5. The molecule has 3 fully saturated rings. The number of fused-ring (bicyclic) bond motifs is 7. The summed E-state index contributed by atoms with van der Waals surface area (Å²) in [6.07, 6.45) is 14.4. The number of carbonyl (C=O) groups excluding carboxylic acids is 2. The third kappa shape index (κ3) is 3.17. The van der Waals surface area contributed by atoms with E-state index < -0.39 is 0 Å². The molecule has 1 unspecified atom stereocenters. The SMILES string of the molecule is CCC(=O)N[C@]1(C)CC[C@]2(C)CC[C@]3(C)C4=CC=C5C(=CC(=O)C(O)=C5C)C4(C)CC[C@@]3(C)[C@@H]2C1.